The summed E-state index contributed by atoms with van der Waals surface area (Å²) in [4.78, 5) is 18.8. The number of H-pyrrole nitrogens is 1. The fraction of sp³-hybridized carbons (Fsp3) is 0.286. The maximum atomic E-state index is 11.8. The van der Waals surface area contributed by atoms with Crippen LogP contribution in [-0.2, 0) is 12.8 Å². The highest BCUT2D eigenvalue weighted by Gasteiger charge is 2.08. The molecular weight excluding hydrogens is 226 g/mol. The molecule has 3 N–H and O–H groups in total. The molecule has 1 heterocycles. The Morgan fingerprint density at radius 2 is 1.83 bits per heavy atom. The van der Waals surface area contributed by atoms with Crippen LogP contribution in [0.2, 0.25) is 0 Å². The van der Waals surface area contributed by atoms with E-state index in [1.165, 1.54) is 5.56 Å². The van der Waals surface area contributed by atoms with Crippen molar-refractivity contribution in [1.29, 1.82) is 0 Å². The number of nitrogens with zero attached hydrogens (tertiary/aromatic N) is 1. The van der Waals surface area contributed by atoms with Crippen molar-refractivity contribution >= 4 is 5.82 Å². The summed E-state index contributed by atoms with van der Waals surface area (Å²) in [7, 11) is 0. The summed E-state index contributed by atoms with van der Waals surface area (Å²) in [6.45, 7) is 3.99. The number of benzene rings is 1. The lowest BCUT2D eigenvalue weighted by atomic mass is 10.1. The number of nitrogens with two attached hydrogens (primary N) is 1. The fourth-order valence-electron chi connectivity index (χ4n) is 1.89. The monoisotopic (exact) mass is 243 g/mol. The summed E-state index contributed by atoms with van der Waals surface area (Å²) in [6, 6.07) is 7.95. The van der Waals surface area contributed by atoms with Crippen molar-refractivity contribution in [3.8, 4) is 11.4 Å². The van der Waals surface area contributed by atoms with E-state index in [4.69, 9.17) is 5.73 Å². The minimum Gasteiger partial charge on any atom is -0.383 e. The highest BCUT2D eigenvalue weighted by molar-refractivity contribution is 5.58. The van der Waals surface area contributed by atoms with E-state index in [2.05, 4.69) is 16.9 Å². The van der Waals surface area contributed by atoms with Crippen molar-refractivity contribution in [2.24, 2.45) is 0 Å². The maximum absolute atomic E-state index is 11.8. The van der Waals surface area contributed by atoms with Crippen LogP contribution in [0.4, 0.5) is 5.82 Å². The van der Waals surface area contributed by atoms with Crippen molar-refractivity contribution in [1.82, 2.24) is 9.97 Å². The number of hydrogen-bond acceptors (Lipinski definition) is 3. The van der Waals surface area contributed by atoms with E-state index < -0.39 is 0 Å². The van der Waals surface area contributed by atoms with Crippen LogP contribution < -0.4 is 11.3 Å². The molecule has 0 saturated heterocycles. The second kappa shape index (κ2) is 5.04. The van der Waals surface area contributed by atoms with E-state index >= 15 is 0 Å². The molecule has 0 aliphatic carbocycles. The maximum Gasteiger partial charge on any atom is 0.256 e. The van der Waals surface area contributed by atoms with E-state index in [0.717, 1.165) is 12.0 Å². The Morgan fingerprint density at radius 1 is 1.17 bits per heavy atom. The predicted molar refractivity (Wildman–Crippen MR) is 73.5 cm³/mol. The Kier molecular flexibility index (Phi) is 3.46. The Morgan fingerprint density at radius 3 is 2.33 bits per heavy atom. The highest BCUT2D eigenvalue weighted by Crippen LogP contribution is 2.16. The summed E-state index contributed by atoms with van der Waals surface area (Å²) in [5.74, 6) is 0.841. The lowest BCUT2D eigenvalue weighted by Gasteiger charge is -2.06. The van der Waals surface area contributed by atoms with Gasteiger partial charge >= 0.3 is 0 Å². The number of nitrogens with one attached hydrogen (secondary N) is 1. The number of hydrogen-bond donors (Lipinski definition) is 2. The number of nitrogen functional groups attached to an aromatic ring is 1. The third kappa shape index (κ3) is 2.27. The van der Waals surface area contributed by atoms with Gasteiger partial charge in [0.25, 0.3) is 5.56 Å². The van der Waals surface area contributed by atoms with Crippen LogP contribution in [-0.4, -0.2) is 9.97 Å². The van der Waals surface area contributed by atoms with Crippen LogP contribution in [0.1, 0.15) is 25.0 Å². The van der Waals surface area contributed by atoms with Gasteiger partial charge in [-0.2, -0.15) is 0 Å². The van der Waals surface area contributed by atoms with Crippen LogP contribution >= 0.6 is 0 Å². The Labute approximate surface area is 106 Å². The van der Waals surface area contributed by atoms with Gasteiger partial charge in [-0.1, -0.05) is 38.1 Å². The molecule has 0 aliphatic rings. The number of anilines is 1. The van der Waals surface area contributed by atoms with Crippen molar-refractivity contribution in [3.05, 3.63) is 45.7 Å². The normalized spacial score (nSPS) is 10.6. The lowest BCUT2D eigenvalue weighted by molar-refractivity contribution is 1.02. The standard InChI is InChI=1S/C14H17N3O/c1-3-9-5-7-10(8-6-9)13-16-12(15)11(4-2)14(18)17-13/h5-8H,3-4H2,1-2H3,(H3,15,16,17,18). The minimum atomic E-state index is -0.153. The fourth-order valence-corrected chi connectivity index (χ4v) is 1.89. The molecule has 0 fully saturated rings. The molecule has 0 saturated carbocycles. The van der Waals surface area contributed by atoms with Gasteiger partial charge in [0, 0.05) is 5.56 Å². The molecule has 0 spiro atoms. The van der Waals surface area contributed by atoms with Gasteiger partial charge in [0.15, 0.2) is 0 Å². The molecule has 0 unspecified atom stereocenters. The van der Waals surface area contributed by atoms with E-state index in [0.29, 0.717) is 23.6 Å². The second-order valence-corrected chi connectivity index (χ2v) is 4.18. The molecule has 0 bridgehead atoms. The second-order valence-electron chi connectivity index (χ2n) is 4.18. The molecule has 1 aromatic heterocycles. The first-order valence-electron chi connectivity index (χ1n) is 6.13. The number of aryl methyl sites for hydroxylation is 1. The summed E-state index contributed by atoms with van der Waals surface area (Å²) >= 11 is 0. The molecule has 2 aromatic rings. The van der Waals surface area contributed by atoms with Gasteiger partial charge in [0.05, 0.1) is 5.56 Å². The molecule has 18 heavy (non-hydrogen) atoms. The third-order valence-corrected chi connectivity index (χ3v) is 3.04. The quantitative estimate of drug-likeness (QED) is 0.867. The molecule has 94 valence electrons. The molecule has 4 nitrogen and oxygen atoms in total. The zero-order valence-electron chi connectivity index (χ0n) is 10.7. The molecule has 0 radical (unpaired) electrons. The van der Waals surface area contributed by atoms with Gasteiger partial charge in [0.2, 0.25) is 0 Å². The third-order valence-electron chi connectivity index (χ3n) is 3.04. The van der Waals surface area contributed by atoms with Gasteiger partial charge in [-0.25, -0.2) is 4.98 Å². The molecule has 0 amide bonds. The predicted octanol–water partition coefficient (Wildman–Crippen LogP) is 2.14. The van der Waals surface area contributed by atoms with Crippen molar-refractivity contribution in [2.75, 3.05) is 5.73 Å². The molecule has 1 aromatic carbocycles. The number of aromatic amines is 1. The van der Waals surface area contributed by atoms with Gasteiger partial charge in [-0.15, -0.1) is 0 Å². The van der Waals surface area contributed by atoms with Gasteiger partial charge in [-0.3, -0.25) is 4.79 Å². The topological polar surface area (TPSA) is 71.8 Å². The van der Waals surface area contributed by atoms with Crippen LogP contribution in [0.5, 0.6) is 0 Å². The minimum absolute atomic E-state index is 0.153. The summed E-state index contributed by atoms with van der Waals surface area (Å²) in [5.41, 5.74) is 8.31. The average molecular weight is 243 g/mol. The Hall–Kier alpha value is -2.10. The molecular formula is C14H17N3O. The highest BCUT2D eigenvalue weighted by atomic mass is 16.1. The first kappa shape index (κ1) is 12.4. The van der Waals surface area contributed by atoms with E-state index in [-0.39, 0.29) is 5.56 Å². The first-order valence-corrected chi connectivity index (χ1v) is 6.13. The Balaban J connectivity index is 2.47. The zero-order chi connectivity index (χ0) is 13.1. The number of rotatable bonds is 3. The van der Waals surface area contributed by atoms with Crippen molar-refractivity contribution in [3.63, 3.8) is 0 Å². The smallest absolute Gasteiger partial charge is 0.256 e. The van der Waals surface area contributed by atoms with Crippen LogP contribution in [0.15, 0.2) is 29.1 Å². The van der Waals surface area contributed by atoms with Crippen LogP contribution in [0.25, 0.3) is 11.4 Å². The summed E-state index contributed by atoms with van der Waals surface area (Å²) < 4.78 is 0. The van der Waals surface area contributed by atoms with Crippen molar-refractivity contribution in [2.45, 2.75) is 26.7 Å². The number of aromatic nitrogens is 2. The molecule has 0 aliphatic heterocycles. The summed E-state index contributed by atoms with van der Waals surface area (Å²) in [5, 5.41) is 0. The Bertz CT molecular complexity index is 599. The van der Waals surface area contributed by atoms with E-state index in [1.807, 2.05) is 31.2 Å². The van der Waals surface area contributed by atoms with E-state index in [9.17, 15) is 4.79 Å². The lowest BCUT2D eigenvalue weighted by Crippen LogP contribution is -2.17. The summed E-state index contributed by atoms with van der Waals surface area (Å²) in [6.07, 6.45) is 1.57. The van der Waals surface area contributed by atoms with E-state index in [1.54, 1.807) is 0 Å². The van der Waals surface area contributed by atoms with Gasteiger partial charge in [0.1, 0.15) is 11.6 Å². The van der Waals surface area contributed by atoms with Gasteiger partial charge < -0.3 is 10.7 Å². The SMILES string of the molecule is CCc1ccc(-c2nc(N)c(CC)c(=O)[nH]2)cc1. The molecule has 4 heteroatoms. The molecule has 2 rings (SSSR count). The van der Waals surface area contributed by atoms with Crippen LogP contribution in [0, 0.1) is 0 Å². The average Bonchev–Trinajstić information content (AvgIpc) is 2.38. The molecule has 0 atom stereocenters. The van der Waals surface area contributed by atoms with Gasteiger partial charge in [-0.05, 0) is 18.4 Å². The largest absolute Gasteiger partial charge is 0.383 e. The van der Waals surface area contributed by atoms with Crippen molar-refractivity contribution < 1.29 is 0 Å². The zero-order valence-corrected chi connectivity index (χ0v) is 10.7. The first-order chi connectivity index (χ1) is 8.65. The van der Waals surface area contributed by atoms with Crippen LogP contribution in [0.3, 0.4) is 0 Å².